The van der Waals surface area contributed by atoms with E-state index in [9.17, 15) is 14.4 Å². The van der Waals surface area contributed by atoms with E-state index in [1.165, 1.54) is 12.1 Å². The number of aromatic carboxylic acids is 1. The van der Waals surface area contributed by atoms with Crippen molar-refractivity contribution >= 4 is 52.2 Å². The van der Waals surface area contributed by atoms with Gasteiger partial charge in [0.2, 0.25) is 0 Å². The molecule has 108 valence electrons. The first kappa shape index (κ1) is 15.2. The van der Waals surface area contributed by atoms with Crippen LogP contribution in [0.1, 0.15) is 15.9 Å². The molecule has 0 aromatic heterocycles. The fraction of sp³-hybridized carbons (Fsp3) is 0.0769. The maximum absolute atomic E-state index is 12.1. The predicted octanol–water partition coefficient (Wildman–Crippen LogP) is 1.67. The lowest BCUT2D eigenvalue weighted by Crippen LogP contribution is -2.33. The normalized spacial score (nSPS) is 16.6. The van der Waals surface area contributed by atoms with Crippen LogP contribution in [0.25, 0.3) is 6.08 Å². The summed E-state index contributed by atoms with van der Waals surface area (Å²) in [7, 11) is 0. The molecular formula is C13H9NO5S2. The molecule has 0 aliphatic carbocycles. The van der Waals surface area contributed by atoms with Crippen LogP contribution in [-0.2, 0) is 9.59 Å². The molecule has 0 bridgehead atoms. The van der Waals surface area contributed by atoms with Crippen molar-refractivity contribution in [1.82, 2.24) is 4.90 Å². The summed E-state index contributed by atoms with van der Waals surface area (Å²) < 4.78 is 0.140. The SMILES string of the molecule is O=C(O)CN1C(=O)/C(=C\c2ccccc2C(=O)O)SC1=S. The maximum atomic E-state index is 12.1. The molecule has 1 heterocycles. The standard InChI is InChI=1S/C13H9NO5S2/c15-10(16)6-14-11(17)9(21-13(14)20)5-7-3-1-2-4-8(7)12(18)19/h1-5H,6H2,(H,15,16)(H,18,19)/b9-5+. The van der Waals surface area contributed by atoms with E-state index in [1.54, 1.807) is 18.2 Å². The second-order valence-electron chi connectivity index (χ2n) is 4.05. The van der Waals surface area contributed by atoms with Crippen molar-refractivity contribution < 1.29 is 24.6 Å². The first-order valence-corrected chi connectivity index (χ1v) is 6.92. The number of amides is 1. The topological polar surface area (TPSA) is 94.9 Å². The van der Waals surface area contributed by atoms with Crippen LogP contribution in [0.3, 0.4) is 0 Å². The van der Waals surface area contributed by atoms with Crippen LogP contribution in [0.4, 0.5) is 0 Å². The molecule has 1 aliphatic rings. The van der Waals surface area contributed by atoms with Gasteiger partial charge < -0.3 is 10.2 Å². The van der Waals surface area contributed by atoms with Crippen LogP contribution >= 0.6 is 24.0 Å². The van der Waals surface area contributed by atoms with E-state index in [4.69, 9.17) is 22.4 Å². The van der Waals surface area contributed by atoms with E-state index >= 15 is 0 Å². The molecule has 0 radical (unpaired) electrons. The third kappa shape index (κ3) is 3.29. The van der Waals surface area contributed by atoms with Gasteiger partial charge in [-0.3, -0.25) is 14.5 Å². The van der Waals surface area contributed by atoms with Crippen LogP contribution in [0.5, 0.6) is 0 Å². The second kappa shape index (κ2) is 6.06. The van der Waals surface area contributed by atoms with Crippen molar-refractivity contribution in [3.63, 3.8) is 0 Å². The molecule has 0 unspecified atom stereocenters. The fourth-order valence-corrected chi connectivity index (χ4v) is 2.98. The van der Waals surface area contributed by atoms with E-state index in [1.807, 2.05) is 0 Å². The van der Waals surface area contributed by atoms with Crippen molar-refractivity contribution in [2.75, 3.05) is 6.54 Å². The summed E-state index contributed by atoms with van der Waals surface area (Å²) in [6, 6.07) is 6.21. The number of carboxylic acids is 2. The molecule has 2 N–H and O–H groups in total. The molecule has 6 nitrogen and oxygen atoms in total. The highest BCUT2D eigenvalue weighted by Crippen LogP contribution is 2.32. The number of carbonyl (C=O) groups excluding carboxylic acids is 1. The summed E-state index contributed by atoms with van der Waals surface area (Å²) in [6.45, 7) is -0.511. The summed E-state index contributed by atoms with van der Waals surface area (Å²) in [6.07, 6.45) is 1.41. The molecule has 2 rings (SSSR count). The number of aliphatic carboxylic acids is 1. The summed E-state index contributed by atoms with van der Waals surface area (Å²) in [5.41, 5.74) is 0.418. The number of hydrogen-bond acceptors (Lipinski definition) is 5. The summed E-state index contributed by atoms with van der Waals surface area (Å²) in [4.78, 5) is 35.1. The van der Waals surface area contributed by atoms with Crippen LogP contribution in [0, 0.1) is 0 Å². The fourth-order valence-electron chi connectivity index (χ4n) is 1.73. The van der Waals surface area contributed by atoms with Crippen molar-refractivity contribution in [3.8, 4) is 0 Å². The average molecular weight is 323 g/mol. The number of rotatable bonds is 4. The van der Waals surface area contributed by atoms with Crippen molar-refractivity contribution in [2.45, 2.75) is 0 Å². The Morgan fingerprint density at radius 3 is 2.57 bits per heavy atom. The summed E-state index contributed by atoms with van der Waals surface area (Å²) in [5.74, 6) is -2.81. The highest BCUT2D eigenvalue weighted by molar-refractivity contribution is 8.26. The number of hydrogen-bond donors (Lipinski definition) is 2. The number of carbonyl (C=O) groups is 3. The van der Waals surface area contributed by atoms with E-state index in [2.05, 4.69) is 0 Å². The van der Waals surface area contributed by atoms with E-state index < -0.39 is 24.4 Å². The number of carboxylic acid groups (broad SMARTS) is 2. The lowest BCUT2D eigenvalue weighted by atomic mass is 10.1. The molecule has 21 heavy (non-hydrogen) atoms. The van der Waals surface area contributed by atoms with Crippen molar-refractivity contribution in [3.05, 3.63) is 40.3 Å². The van der Waals surface area contributed by atoms with Gasteiger partial charge >= 0.3 is 11.9 Å². The minimum absolute atomic E-state index is 0.0565. The zero-order valence-electron chi connectivity index (χ0n) is 10.5. The molecular weight excluding hydrogens is 314 g/mol. The molecule has 1 aliphatic heterocycles. The van der Waals surface area contributed by atoms with Gasteiger partial charge in [0, 0.05) is 0 Å². The Morgan fingerprint density at radius 2 is 1.95 bits per heavy atom. The number of nitrogens with zero attached hydrogens (tertiary/aromatic N) is 1. The molecule has 1 fully saturated rings. The van der Waals surface area contributed by atoms with Gasteiger partial charge in [-0.05, 0) is 17.7 Å². The molecule has 0 spiro atoms. The molecule has 1 saturated heterocycles. The first-order chi connectivity index (χ1) is 9.90. The monoisotopic (exact) mass is 323 g/mol. The first-order valence-electron chi connectivity index (χ1n) is 5.69. The molecule has 1 amide bonds. The smallest absolute Gasteiger partial charge is 0.336 e. The lowest BCUT2D eigenvalue weighted by Gasteiger charge is -2.10. The van der Waals surface area contributed by atoms with Crippen LogP contribution in [-0.4, -0.2) is 43.8 Å². The number of thioether (sulfide) groups is 1. The Balaban J connectivity index is 2.35. The average Bonchev–Trinajstić information content (AvgIpc) is 2.66. The quantitative estimate of drug-likeness (QED) is 0.643. The van der Waals surface area contributed by atoms with Crippen molar-refractivity contribution in [2.24, 2.45) is 0 Å². The Morgan fingerprint density at radius 1 is 1.29 bits per heavy atom. The highest BCUT2D eigenvalue weighted by atomic mass is 32.2. The van der Waals surface area contributed by atoms with Gasteiger partial charge in [-0.1, -0.05) is 42.2 Å². The Hall–Kier alpha value is -2.19. The third-order valence-corrected chi connectivity index (χ3v) is 4.02. The molecule has 1 aromatic carbocycles. The van der Waals surface area contributed by atoms with E-state index in [-0.39, 0.29) is 14.8 Å². The van der Waals surface area contributed by atoms with Gasteiger partial charge in [0.05, 0.1) is 10.5 Å². The molecule has 0 atom stereocenters. The van der Waals surface area contributed by atoms with Crippen molar-refractivity contribution in [1.29, 1.82) is 0 Å². The molecule has 8 heteroatoms. The summed E-state index contributed by atoms with van der Waals surface area (Å²) >= 11 is 5.91. The van der Waals surface area contributed by atoms with Gasteiger partial charge in [0.15, 0.2) is 0 Å². The van der Waals surface area contributed by atoms with E-state index in [0.717, 1.165) is 16.7 Å². The van der Waals surface area contributed by atoms with Crippen LogP contribution in [0.2, 0.25) is 0 Å². The lowest BCUT2D eigenvalue weighted by molar-refractivity contribution is -0.140. The number of benzene rings is 1. The largest absolute Gasteiger partial charge is 0.480 e. The minimum Gasteiger partial charge on any atom is -0.480 e. The van der Waals surface area contributed by atoms with Gasteiger partial charge in [-0.25, -0.2) is 4.79 Å². The van der Waals surface area contributed by atoms with Crippen LogP contribution in [0.15, 0.2) is 29.2 Å². The van der Waals surface area contributed by atoms with Gasteiger partial charge in [0.25, 0.3) is 5.91 Å². The van der Waals surface area contributed by atoms with Gasteiger partial charge in [-0.2, -0.15) is 0 Å². The Bertz CT molecular complexity index is 683. The Kier molecular flexibility index (Phi) is 4.39. The molecule has 0 saturated carbocycles. The van der Waals surface area contributed by atoms with Gasteiger partial charge in [0.1, 0.15) is 10.9 Å². The summed E-state index contributed by atoms with van der Waals surface area (Å²) in [5, 5.41) is 17.8. The minimum atomic E-state index is -1.17. The zero-order chi connectivity index (χ0) is 15.6. The van der Waals surface area contributed by atoms with Gasteiger partial charge in [-0.15, -0.1) is 0 Å². The number of thiocarbonyl (C=S) groups is 1. The zero-order valence-corrected chi connectivity index (χ0v) is 12.1. The second-order valence-corrected chi connectivity index (χ2v) is 5.73. The maximum Gasteiger partial charge on any atom is 0.336 e. The van der Waals surface area contributed by atoms with Crippen LogP contribution < -0.4 is 0 Å². The third-order valence-electron chi connectivity index (χ3n) is 2.64. The Labute approximate surface area is 129 Å². The molecule has 1 aromatic rings. The highest BCUT2D eigenvalue weighted by Gasteiger charge is 2.33. The predicted molar refractivity (Wildman–Crippen MR) is 80.9 cm³/mol. The van der Waals surface area contributed by atoms with E-state index in [0.29, 0.717) is 5.56 Å².